The zero-order valence-corrected chi connectivity index (χ0v) is 12.0. The van der Waals surface area contributed by atoms with E-state index < -0.39 is 6.10 Å². The topological polar surface area (TPSA) is 29.5 Å². The summed E-state index contributed by atoms with van der Waals surface area (Å²) in [6.07, 6.45) is -0.527. The zero-order chi connectivity index (χ0) is 14.5. The average Bonchev–Trinajstić information content (AvgIpc) is 2.49. The summed E-state index contributed by atoms with van der Waals surface area (Å²) in [5.41, 5.74) is 1.88. The molecule has 0 N–H and O–H groups in total. The highest BCUT2D eigenvalue weighted by Gasteiger charge is 2.20. The Morgan fingerprint density at radius 1 is 1.05 bits per heavy atom. The number of hydrogen-bond acceptors (Lipinski definition) is 2. The molecule has 0 saturated carbocycles. The van der Waals surface area contributed by atoms with E-state index in [2.05, 4.69) is 0 Å². The molecule has 0 fully saturated rings. The lowest BCUT2D eigenvalue weighted by molar-refractivity contribution is -0.124. The number of carbonyl (C=O) groups is 1. The number of aryl methyl sites for hydroxylation is 1. The molecule has 0 bridgehead atoms. The van der Waals surface area contributed by atoms with E-state index in [9.17, 15) is 4.79 Å². The number of anilines is 1. The van der Waals surface area contributed by atoms with Crippen molar-refractivity contribution in [2.45, 2.75) is 20.0 Å². The molecule has 0 aliphatic rings. The summed E-state index contributed by atoms with van der Waals surface area (Å²) >= 11 is 0. The van der Waals surface area contributed by atoms with Crippen LogP contribution in [0, 0.1) is 6.92 Å². The second kappa shape index (κ2) is 6.24. The maximum Gasteiger partial charge on any atom is 0.267 e. The fraction of sp³-hybridized carbons (Fsp3) is 0.235. The van der Waals surface area contributed by atoms with Crippen LogP contribution in [0.4, 0.5) is 5.69 Å². The fourth-order valence-electron chi connectivity index (χ4n) is 1.98. The minimum atomic E-state index is -0.527. The molecule has 20 heavy (non-hydrogen) atoms. The lowest BCUT2D eigenvalue weighted by Crippen LogP contribution is -2.38. The molecule has 2 aromatic carbocycles. The van der Waals surface area contributed by atoms with Crippen molar-refractivity contribution in [3.63, 3.8) is 0 Å². The van der Waals surface area contributed by atoms with Crippen LogP contribution in [0.15, 0.2) is 54.6 Å². The van der Waals surface area contributed by atoms with Gasteiger partial charge in [-0.2, -0.15) is 0 Å². The van der Waals surface area contributed by atoms with Gasteiger partial charge in [0.1, 0.15) is 5.75 Å². The molecule has 1 atom stereocenters. The van der Waals surface area contributed by atoms with Crippen LogP contribution in [0.5, 0.6) is 5.75 Å². The Labute approximate surface area is 119 Å². The lowest BCUT2D eigenvalue weighted by Gasteiger charge is -2.22. The molecule has 0 saturated heterocycles. The summed E-state index contributed by atoms with van der Waals surface area (Å²) in [7, 11) is 1.76. The van der Waals surface area contributed by atoms with Gasteiger partial charge in [0, 0.05) is 12.7 Å². The van der Waals surface area contributed by atoms with E-state index in [0.717, 1.165) is 17.0 Å². The van der Waals surface area contributed by atoms with Crippen LogP contribution in [-0.4, -0.2) is 19.1 Å². The van der Waals surface area contributed by atoms with Gasteiger partial charge >= 0.3 is 0 Å². The quantitative estimate of drug-likeness (QED) is 0.851. The van der Waals surface area contributed by atoms with Crippen molar-refractivity contribution in [2.75, 3.05) is 11.9 Å². The maximum absolute atomic E-state index is 12.4. The molecule has 3 heteroatoms. The number of nitrogens with zero attached hydrogens (tertiary/aromatic N) is 1. The van der Waals surface area contributed by atoms with E-state index in [4.69, 9.17) is 4.74 Å². The second-order valence-corrected chi connectivity index (χ2v) is 4.76. The van der Waals surface area contributed by atoms with Crippen LogP contribution in [-0.2, 0) is 4.79 Å². The first-order valence-electron chi connectivity index (χ1n) is 6.64. The lowest BCUT2D eigenvalue weighted by atomic mass is 10.2. The number of hydrogen-bond donors (Lipinski definition) is 0. The van der Waals surface area contributed by atoms with Crippen molar-refractivity contribution >= 4 is 11.6 Å². The summed E-state index contributed by atoms with van der Waals surface area (Å²) in [5, 5.41) is 0. The fourth-order valence-corrected chi connectivity index (χ4v) is 1.98. The Morgan fingerprint density at radius 3 is 2.30 bits per heavy atom. The highest BCUT2D eigenvalue weighted by molar-refractivity contribution is 5.96. The van der Waals surface area contributed by atoms with E-state index >= 15 is 0 Å². The van der Waals surface area contributed by atoms with Crippen molar-refractivity contribution in [1.82, 2.24) is 0 Å². The Bertz CT molecular complexity index is 581. The SMILES string of the molecule is Cc1ccccc1O[C@@H](C)C(=O)N(C)c1ccccc1. The molecule has 0 unspecified atom stereocenters. The first-order chi connectivity index (χ1) is 9.59. The van der Waals surface area contributed by atoms with Gasteiger partial charge in [-0.25, -0.2) is 0 Å². The summed E-state index contributed by atoms with van der Waals surface area (Å²) < 4.78 is 5.76. The van der Waals surface area contributed by atoms with Crippen molar-refractivity contribution in [2.24, 2.45) is 0 Å². The van der Waals surface area contributed by atoms with Gasteiger partial charge in [0.2, 0.25) is 0 Å². The van der Waals surface area contributed by atoms with Crippen LogP contribution in [0.1, 0.15) is 12.5 Å². The third kappa shape index (κ3) is 3.18. The normalized spacial score (nSPS) is 11.8. The Kier molecular flexibility index (Phi) is 4.41. The van der Waals surface area contributed by atoms with E-state index in [1.165, 1.54) is 0 Å². The van der Waals surface area contributed by atoms with Gasteiger partial charge in [0.25, 0.3) is 5.91 Å². The molecule has 0 aliphatic carbocycles. The molecule has 0 aromatic heterocycles. The number of rotatable bonds is 4. The summed E-state index contributed by atoms with van der Waals surface area (Å²) in [6.45, 7) is 3.74. The Balaban J connectivity index is 2.08. The number of likely N-dealkylation sites (N-methyl/N-ethyl adjacent to an activating group) is 1. The largest absolute Gasteiger partial charge is 0.481 e. The van der Waals surface area contributed by atoms with E-state index in [1.54, 1.807) is 18.9 Å². The van der Waals surface area contributed by atoms with Crippen LogP contribution in [0.2, 0.25) is 0 Å². The van der Waals surface area contributed by atoms with E-state index in [0.29, 0.717) is 0 Å². The van der Waals surface area contributed by atoms with Gasteiger partial charge in [0.05, 0.1) is 0 Å². The van der Waals surface area contributed by atoms with Crippen molar-refractivity contribution in [3.05, 3.63) is 60.2 Å². The molecular weight excluding hydrogens is 250 g/mol. The summed E-state index contributed by atoms with van der Waals surface area (Å²) in [4.78, 5) is 14.0. The molecule has 0 radical (unpaired) electrons. The van der Waals surface area contributed by atoms with Crippen LogP contribution in [0.25, 0.3) is 0 Å². The number of para-hydroxylation sites is 2. The van der Waals surface area contributed by atoms with E-state index in [1.807, 2.05) is 61.5 Å². The third-order valence-electron chi connectivity index (χ3n) is 3.22. The van der Waals surface area contributed by atoms with Gasteiger partial charge < -0.3 is 9.64 Å². The van der Waals surface area contributed by atoms with Gasteiger partial charge in [-0.15, -0.1) is 0 Å². The van der Waals surface area contributed by atoms with Gasteiger partial charge in [-0.05, 0) is 37.6 Å². The van der Waals surface area contributed by atoms with Gasteiger partial charge in [-0.3, -0.25) is 4.79 Å². The average molecular weight is 269 g/mol. The molecule has 0 heterocycles. The van der Waals surface area contributed by atoms with Crippen molar-refractivity contribution in [1.29, 1.82) is 0 Å². The van der Waals surface area contributed by atoms with Gasteiger partial charge in [-0.1, -0.05) is 36.4 Å². The number of benzene rings is 2. The molecule has 0 aliphatic heterocycles. The molecule has 2 rings (SSSR count). The Morgan fingerprint density at radius 2 is 1.65 bits per heavy atom. The minimum absolute atomic E-state index is 0.0700. The van der Waals surface area contributed by atoms with Crippen molar-refractivity contribution in [3.8, 4) is 5.75 Å². The number of carbonyl (C=O) groups excluding carboxylic acids is 1. The molecule has 2 aromatic rings. The third-order valence-corrected chi connectivity index (χ3v) is 3.22. The maximum atomic E-state index is 12.4. The minimum Gasteiger partial charge on any atom is -0.481 e. The predicted octanol–water partition coefficient (Wildman–Crippen LogP) is 3.43. The van der Waals surface area contributed by atoms with Gasteiger partial charge in [0.15, 0.2) is 6.10 Å². The number of amides is 1. The van der Waals surface area contributed by atoms with E-state index in [-0.39, 0.29) is 5.91 Å². The smallest absolute Gasteiger partial charge is 0.267 e. The molecule has 0 spiro atoms. The first kappa shape index (κ1) is 14.1. The molecule has 1 amide bonds. The highest BCUT2D eigenvalue weighted by atomic mass is 16.5. The zero-order valence-electron chi connectivity index (χ0n) is 12.0. The number of ether oxygens (including phenoxy) is 1. The standard InChI is InChI=1S/C17H19NO2/c1-13-9-7-8-12-16(13)20-14(2)17(19)18(3)15-10-5-4-6-11-15/h4-12,14H,1-3H3/t14-/m0/s1. The Hall–Kier alpha value is -2.29. The molecule has 104 valence electrons. The van der Waals surface area contributed by atoms with Crippen LogP contribution < -0.4 is 9.64 Å². The molecular formula is C17H19NO2. The molecule has 3 nitrogen and oxygen atoms in total. The van der Waals surface area contributed by atoms with Crippen molar-refractivity contribution < 1.29 is 9.53 Å². The highest BCUT2D eigenvalue weighted by Crippen LogP contribution is 2.19. The summed E-state index contributed by atoms with van der Waals surface area (Å²) in [5.74, 6) is 0.675. The van der Waals surface area contributed by atoms with Crippen LogP contribution >= 0.6 is 0 Å². The first-order valence-corrected chi connectivity index (χ1v) is 6.64. The van der Waals surface area contributed by atoms with Crippen LogP contribution in [0.3, 0.4) is 0 Å². The summed E-state index contributed by atoms with van der Waals surface area (Å²) in [6, 6.07) is 17.2. The second-order valence-electron chi connectivity index (χ2n) is 4.76. The monoisotopic (exact) mass is 269 g/mol. The predicted molar refractivity (Wildman–Crippen MR) is 81.1 cm³/mol.